The number of para-hydroxylation sites is 1. The minimum Gasteiger partial charge on any atom is -0.456 e. The molecule has 1 aliphatic carbocycles. The van der Waals surface area contributed by atoms with Crippen LogP contribution in [0.3, 0.4) is 0 Å². The van der Waals surface area contributed by atoms with E-state index in [1.54, 1.807) is 0 Å². The zero-order valence-electron chi connectivity index (χ0n) is 29.9. The minimum absolute atomic E-state index is 0.601. The summed E-state index contributed by atoms with van der Waals surface area (Å²) in [6.45, 7) is 0. The van der Waals surface area contributed by atoms with Crippen molar-refractivity contribution in [3.05, 3.63) is 187 Å². The van der Waals surface area contributed by atoms with E-state index < -0.39 is 0 Å². The summed E-state index contributed by atoms with van der Waals surface area (Å²) in [4.78, 5) is 15.8. The third-order valence-corrected chi connectivity index (χ3v) is 11.0. The molecule has 0 atom stereocenters. The maximum absolute atomic E-state index is 6.62. The quantitative estimate of drug-likeness (QED) is 0.167. The lowest BCUT2D eigenvalue weighted by molar-refractivity contribution is 0.669. The zero-order chi connectivity index (χ0) is 36.3. The Bertz CT molecular complexity index is 3140. The molecule has 1 aliphatic rings. The highest BCUT2D eigenvalue weighted by Crippen LogP contribution is 2.42. The predicted molar refractivity (Wildman–Crippen MR) is 226 cm³/mol. The van der Waals surface area contributed by atoms with Gasteiger partial charge in [-0.1, -0.05) is 146 Å². The standard InChI is InChI=1S/C51H33N3O/c1-3-13-32(14-4-1)35-25-23-33-24-26-36(28-38(33)27-35)39-30-45(48-43-21-11-12-22-46(43)55-47(48)31-39)51-53-49(34-15-5-2-6-16-34)52-50(54-51)44-29-37-17-7-8-18-40(37)41-19-9-10-20-42(41)44/h1-22,24,26-31H,23,25H2. The number of hydrogen-bond acceptors (Lipinski definition) is 4. The van der Waals surface area contributed by atoms with E-state index in [1.165, 1.54) is 33.0 Å². The molecule has 0 fully saturated rings. The fourth-order valence-corrected chi connectivity index (χ4v) is 8.32. The predicted octanol–water partition coefficient (Wildman–Crippen LogP) is 13.2. The Labute approximate surface area is 318 Å². The summed E-state index contributed by atoms with van der Waals surface area (Å²) < 4.78 is 6.62. The molecule has 0 aliphatic heterocycles. The van der Waals surface area contributed by atoms with Gasteiger partial charge in [0.05, 0.1) is 0 Å². The lowest BCUT2D eigenvalue weighted by Gasteiger charge is -2.18. The highest BCUT2D eigenvalue weighted by atomic mass is 16.3. The molecule has 0 N–H and O–H groups in total. The number of aromatic nitrogens is 3. The summed E-state index contributed by atoms with van der Waals surface area (Å²) in [6.07, 6.45) is 4.41. The molecule has 2 aromatic heterocycles. The number of aryl methyl sites for hydroxylation is 1. The third kappa shape index (κ3) is 5.42. The van der Waals surface area contributed by atoms with Crippen molar-refractivity contribution >= 4 is 55.1 Å². The first-order valence-electron chi connectivity index (χ1n) is 18.8. The third-order valence-electron chi connectivity index (χ3n) is 11.0. The molecule has 2 heterocycles. The molecule has 10 aromatic rings. The van der Waals surface area contributed by atoms with Crippen molar-refractivity contribution in [2.75, 3.05) is 0 Å². The first-order valence-corrected chi connectivity index (χ1v) is 18.8. The van der Waals surface area contributed by atoms with Gasteiger partial charge in [0, 0.05) is 27.5 Å². The molecule has 55 heavy (non-hydrogen) atoms. The average Bonchev–Trinajstić information content (AvgIpc) is 3.64. The van der Waals surface area contributed by atoms with Gasteiger partial charge in [-0.2, -0.15) is 0 Å². The number of allylic oxidation sites excluding steroid dienone is 1. The molecule has 0 amide bonds. The van der Waals surface area contributed by atoms with Crippen LogP contribution in [0, 0.1) is 0 Å². The summed E-state index contributed by atoms with van der Waals surface area (Å²) in [7, 11) is 0. The van der Waals surface area contributed by atoms with E-state index in [1.807, 2.05) is 30.3 Å². The van der Waals surface area contributed by atoms with Crippen LogP contribution in [0.1, 0.15) is 23.1 Å². The first-order chi connectivity index (χ1) is 27.2. The van der Waals surface area contributed by atoms with Crippen LogP contribution in [0.15, 0.2) is 174 Å². The van der Waals surface area contributed by atoms with Crippen molar-refractivity contribution in [1.29, 1.82) is 0 Å². The van der Waals surface area contributed by atoms with Crippen LogP contribution >= 0.6 is 0 Å². The van der Waals surface area contributed by atoms with Crippen LogP contribution in [0.2, 0.25) is 0 Å². The molecule has 0 bridgehead atoms. The first kappa shape index (κ1) is 31.4. The topological polar surface area (TPSA) is 51.8 Å². The largest absolute Gasteiger partial charge is 0.456 e. The van der Waals surface area contributed by atoms with Gasteiger partial charge in [-0.3, -0.25) is 0 Å². The normalized spacial score (nSPS) is 12.7. The van der Waals surface area contributed by atoms with E-state index >= 15 is 0 Å². The van der Waals surface area contributed by atoms with Crippen molar-refractivity contribution in [3.63, 3.8) is 0 Å². The van der Waals surface area contributed by atoms with Crippen LogP contribution in [-0.4, -0.2) is 15.0 Å². The van der Waals surface area contributed by atoms with Crippen molar-refractivity contribution in [2.24, 2.45) is 0 Å². The number of rotatable bonds is 5. The van der Waals surface area contributed by atoms with Gasteiger partial charge < -0.3 is 4.42 Å². The van der Waals surface area contributed by atoms with Gasteiger partial charge in [-0.05, 0) is 98.1 Å². The number of furan rings is 1. The highest BCUT2D eigenvalue weighted by Gasteiger charge is 2.21. The van der Waals surface area contributed by atoms with Gasteiger partial charge in [0.15, 0.2) is 17.5 Å². The summed E-state index contributed by atoms with van der Waals surface area (Å²) in [5.41, 5.74) is 11.9. The Morgan fingerprint density at radius 2 is 1.05 bits per heavy atom. The molecular formula is C51H33N3O. The molecule has 0 unspecified atom stereocenters. The molecule has 0 spiro atoms. The fourth-order valence-electron chi connectivity index (χ4n) is 8.32. The fraction of sp³-hybridized carbons (Fsp3) is 0.0392. The Kier molecular flexibility index (Phi) is 7.27. The van der Waals surface area contributed by atoms with E-state index in [9.17, 15) is 0 Å². The maximum atomic E-state index is 6.62. The second-order valence-corrected chi connectivity index (χ2v) is 14.3. The average molecular weight is 704 g/mol. The maximum Gasteiger partial charge on any atom is 0.164 e. The van der Waals surface area contributed by atoms with Gasteiger partial charge in [0.1, 0.15) is 11.2 Å². The van der Waals surface area contributed by atoms with Gasteiger partial charge in [0.25, 0.3) is 0 Å². The van der Waals surface area contributed by atoms with Crippen LogP contribution in [0.4, 0.5) is 0 Å². The molecule has 4 nitrogen and oxygen atoms in total. The van der Waals surface area contributed by atoms with Gasteiger partial charge in [-0.25, -0.2) is 15.0 Å². The number of fused-ring (bicyclic) bond motifs is 7. The summed E-state index contributed by atoms with van der Waals surface area (Å²) >= 11 is 0. The van der Waals surface area contributed by atoms with Gasteiger partial charge in [-0.15, -0.1) is 0 Å². The Balaban J connectivity index is 1.16. The zero-order valence-corrected chi connectivity index (χ0v) is 29.9. The molecule has 8 aromatic carbocycles. The molecule has 0 saturated carbocycles. The van der Waals surface area contributed by atoms with Gasteiger partial charge >= 0.3 is 0 Å². The van der Waals surface area contributed by atoms with E-state index in [0.717, 1.165) is 73.4 Å². The Hall–Kier alpha value is -7.17. The molecule has 0 saturated heterocycles. The van der Waals surface area contributed by atoms with Crippen LogP contribution in [0.25, 0.3) is 100 Å². The van der Waals surface area contributed by atoms with Crippen LogP contribution < -0.4 is 0 Å². The van der Waals surface area contributed by atoms with Gasteiger partial charge in [0.2, 0.25) is 0 Å². The van der Waals surface area contributed by atoms with Crippen LogP contribution in [0.5, 0.6) is 0 Å². The number of nitrogens with zero attached hydrogens (tertiary/aromatic N) is 3. The minimum atomic E-state index is 0.601. The van der Waals surface area contributed by atoms with E-state index in [2.05, 4.69) is 146 Å². The molecule has 4 heteroatoms. The summed E-state index contributed by atoms with van der Waals surface area (Å²) in [5.74, 6) is 1.85. The lowest BCUT2D eigenvalue weighted by atomic mass is 9.87. The molecule has 0 radical (unpaired) electrons. The van der Waals surface area contributed by atoms with Crippen molar-refractivity contribution in [3.8, 4) is 45.3 Å². The Morgan fingerprint density at radius 1 is 0.400 bits per heavy atom. The second kappa shape index (κ2) is 12.8. The van der Waals surface area contributed by atoms with Crippen LogP contribution in [-0.2, 0) is 6.42 Å². The Morgan fingerprint density at radius 3 is 1.87 bits per heavy atom. The molecule has 258 valence electrons. The SMILES string of the molecule is C1=C(c2ccccc2)CCc2ccc(-c3cc(-c4nc(-c5ccccc5)nc(-c5cc6ccccc6c6ccccc56)n4)c4c(c3)oc3ccccc34)cc21. The van der Waals surface area contributed by atoms with E-state index in [4.69, 9.17) is 19.4 Å². The van der Waals surface area contributed by atoms with E-state index in [0.29, 0.717) is 17.5 Å². The lowest BCUT2D eigenvalue weighted by Crippen LogP contribution is -2.01. The second-order valence-electron chi connectivity index (χ2n) is 14.3. The summed E-state index contributed by atoms with van der Waals surface area (Å²) in [6, 6.07) is 59.7. The highest BCUT2D eigenvalue weighted by molar-refractivity contribution is 6.15. The number of benzene rings is 8. The monoisotopic (exact) mass is 703 g/mol. The summed E-state index contributed by atoms with van der Waals surface area (Å²) in [5, 5.41) is 6.63. The number of hydrogen-bond donors (Lipinski definition) is 0. The van der Waals surface area contributed by atoms with Crippen molar-refractivity contribution in [1.82, 2.24) is 15.0 Å². The van der Waals surface area contributed by atoms with Crippen molar-refractivity contribution in [2.45, 2.75) is 12.8 Å². The van der Waals surface area contributed by atoms with E-state index in [-0.39, 0.29) is 0 Å². The van der Waals surface area contributed by atoms with Crippen molar-refractivity contribution < 1.29 is 4.42 Å². The smallest absolute Gasteiger partial charge is 0.164 e. The molecule has 11 rings (SSSR count). The molecular weight excluding hydrogens is 671 g/mol.